The Morgan fingerprint density at radius 2 is 2.04 bits per heavy atom. The van der Waals surface area contributed by atoms with Gasteiger partial charge >= 0.3 is 0 Å². The lowest BCUT2D eigenvalue weighted by Gasteiger charge is -2.08. The number of carbonyl (C=O) groups is 1. The molecule has 0 saturated carbocycles. The van der Waals surface area contributed by atoms with Crippen molar-refractivity contribution < 1.29 is 9.53 Å². The van der Waals surface area contributed by atoms with E-state index in [2.05, 4.69) is 10.3 Å². The zero-order valence-electron chi connectivity index (χ0n) is 13.0. The summed E-state index contributed by atoms with van der Waals surface area (Å²) in [6, 6.07) is 17.0. The number of pyridine rings is 1. The Hall–Kier alpha value is -2.24. The summed E-state index contributed by atoms with van der Waals surface area (Å²) in [5.74, 6) is 0.732. The lowest BCUT2D eigenvalue weighted by atomic mass is 10.2. The van der Waals surface area contributed by atoms with Gasteiger partial charge in [-0.1, -0.05) is 47.6 Å². The molecule has 1 aromatic heterocycles. The predicted octanol–water partition coefficient (Wildman–Crippen LogP) is 4.63. The fourth-order valence-electron chi connectivity index (χ4n) is 2.21. The number of hydrogen-bond acceptors (Lipinski definition) is 4. The van der Waals surface area contributed by atoms with Gasteiger partial charge in [0, 0.05) is 11.1 Å². The normalized spacial score (nSPS) is 10.6. The van der Waals surface area contributed by atoms with Gasteiger partial charge in [-0.15, -0.1) is 0 Å². The molecule has 24 heavy (non-hydrogen) atoms. The van der Waals surface area contributed by atoms with Crippen molar-refractivity contribution >= 4 is 45.9 Å². The van der Waals surface area contributed by atoms with Gasteiger partial charge in [-0.2, -0.15) is 0 Å². The third-order valence-corrected chi connectivity index (χ3v) is 4.58. The number of para-hydroxylation sites is 1. The van der Waals surface area contributed by atoms with Crippen molar-refractivity contribution in [2.24, 2.45) is 0 Å². The molecule has 0 bridgehead atoms. The van der Waals surface area contributed by atoms with E-state index in [1.807, 2.05) is 36.4 Å². The second-order valence-corrected chi connectivity index (χ2v) is 6.43. The molecule has 0 saturated heterocycles. The number of fused-ring (bicyclic) bond motifs is 1. The number of anilines is 1. The first-order chi connectivity index (χ1) is 11.7. The van der Waals surface area contributed by atoms with Crippen molar-refractivity contribution in [2.45, 2.75) is 5.03 Å². The molecule has 0 radical (unpaired) electrons. The highest BCUT2D eigenvalue weighted by atomic mass is 35.5. The van der Waals surface area contributed by atoms with Crippen LogP contribution in [0.15, 0.2) is 59.6 Å². The Labute approximate surface area is 149 Å². The Morgan fingerprint density at radius 3 is 2.83 bits per heavy atom. The first-order valence-electron chi connectivity index (χ1n) is 7.28. The minimum atomic E-state index is -0.115. The van der Waals surface area contributed by atoms with Crippen LogP contribution in [0.25, 0.3) is 10.9 Å². The highest BCUT2D eigenvalue weighted by Gasteiger charge is 2.07. The molecule has 3 rings (SSSR count). The zero-order valence-corrected chi connectivity index (χ0v) is 14.5. The number of methoxy groups -OCH3 is 1. The summed E-state index contributed by atoms with van der Waals surface area (Å²) in [6.07, 6.45) is 0. The second-order valence-electron chi connectivity index (χ2n) is 5.03. The molecule has 3 aromatic rings. The molecule has 1 amide bonds. The predicted molar refractivity (Wildman–Crippen MR) is 99.1 cm³/mol. The van der Waals surface area contributed by atoms with Gasteiger partial charge < -0.3 is 10.1 Å². The molecule has 0 aliphatic carbocycles. The summed E-state index contributed by atoms with van der Waals surface area (Å²) >= 11 is 7.44. The van der Waals surface area contributed by atoms with E-state index in [4.69, 9.17) is 16.3 Å². The highest BCUT2D eigenvalue weighted by Crippen LogP contribution is 2.27. The van der Waals surface area contributed by atoms with Crippen molar-refractivity contribution in [1.29, 1.82) is 0 Å². The fraction of sp³-hybridized carbons (Fsp3) is 0.111. The molecular weight excluding hydrogens is 344 g/mol. The Kier molecular flexibility index (Phi) is 5.23. The van der Waals surface area contributed by atoms with E-state index in [0.717, 1.165) is 15.9 Å². The molecule has 0 unspecified atom stereocenters. The van der Waals surface area contributed by atoms with Crippen LogP contribution in [0.1, 0.15) is 0 Å². The van der Waals surface area contributed by atoms with Crippen molar-refractivity contribution in [3.8, 4) is 5.75 Å². The van der Waals surface area contributed by atoms with Crippen LogP contribution in [0.4, 0.5) is 5.69 Å². The smallest absolute Gasteiger partial charge is 0.234 e. The Morgan fingerprint density at radius 1 is 1.21 bits per heavy atom. The van der Waals surface area contributed by atoms with Crippen LogP contribution in [0.5, 0.6) is 5.75 Å². The van der Waals surface area contributed by atoms with Gasteiger partial charge in [0.25, 0.3) is 0 Å². The summed E-state index contributed by atoms with van der Waals surface area (Å²) in [6.45, 7) is 0. The summed E-state index contributed by atoms with van der Waals surface area (Å²) in [4.78, 5) is 16.6. The Balaban J connectivity index is 1.61. The molecular formula is C18H15ClN2O2S. The number of nitrogens with one attached hydrogen (secondary N) is 1. The molecule has 4 nitrogen and oxygen atoms in total. The van der Waals surface area contributed by atoms with E-state index < -0.39 is 0 Å². The van der Waals surface area contributed by atoms with E-state index in [1.165, 1.54) is 11.8 Å². The molecule has 1 N–H and O–H groups in total. The third-order valence-electron chi connectivity index (χ3n) is 3.36. The van der Waals surface area contributed by atoms with E-state index >= 15 is 0 Å². The number of rotatable bonds is 5. The van der Waals surface area contributed by atoms with Gasteiger partial charge in [0.2, 0.25) is 5.91 Å². The van der Waals surface area contributed by atoms with Gasteiger partial charge in [0.05, 0.1) is 28.4 Å². The lowest BCUT2D eigenvalue weighted by molar-refractivity contribution is -0.113. The summed E-state index contributed by atoms with van der Waals surface area (Å²) < 4.78 is 5.09. The van der Waals surface area contributed by atoms with E-state index in [1.54, 1.807) is 25.3 Å². The lowest BCUT2D eigenvalue weighted by Crippen LogP contribution is -2.14. The number of aromatic nitrogens is 1. The van der Waals surface area contributed by atoms with E-state index in [-0.39, 0.29) is 11.7 Å². The van der Waals surface area contributed by atoms with Crippen LogP contribution in [0, 0.1) is 0 Å². The van der Waals surface area contributed by atoms with Crippen LogP contribution in [-0.4, -0.2) is 23.8 Å². The standard InChI is InChI=1S/C18H15ClN2O2S/c1-23-16-8-7-13(10-14(16)19)20-17(22)11-24-18-9-6-12-4-2-3-5-15(12)21-18/h2-10H,11H2,1H3,(H,20,22). The number of carbonyl (C=O) groups excluding carboxylic acids is 1. The van der Waals surface area contributed by atoms with Gasteiger partial charge in [-0.3, -0.25) is 4.79 Å². The topological polar surface area (TPSA) is 51.2 Å². The fourth-order valence-corrected chi connectivity index (χ4v) is 3.14. The molecule has 0 aliphatic heterocycles. The summed E-state index contributed by atoms with van der Waals surface area (Å²) in [5.41, 5.74) is 1.56. The van der Waals surface area contributed by atoms with Crippen molar-refractivity contribution in [3.63, 3.8) is 0 Å². The maximum atomic E-state index is 12.1. The molecule has 6 heteroatoms. The third kappa shape index (κ3) is 3.99. The first kappa shape index (κ1) is 16.6. The van der Waals surface area contributed by atoms with Crippen LogP contribution < -0.4 is 10.1 Å². The number of hydrogen-bond donors (Lipinski definition) is 1. The monoisotopic (exact) mass is 358 g/mol. The average Bonchev–Trinajstić information content (AvgIpc) is 2.60. The maximum absolute atomic E-state index is 12.1. The second kappa shape index (κ2) is 7.55. The molecule has 1 heterocycles. The van der Waals surface area contributed by atoms with Gasteiger partial charge in [-0.25, -0.2) is 4.98 Å². The van der Waals surface area contributed by atoms with Crippen molar-refractivity contribution in [3.05, 3.63) is 59.6 Å². The number of ether oxygens (including phenoxy) is 1. The highest BCUT2D eigenvalue weighted by molar-refractivity contribution is 7.99. The van der Waals surface area contributed by atoms with Crippen molar-refractivity contribution in [1.82, 2.24) is 4.98 Å². The molecule has 0 spiro atoms. The van der Waals surface area contributed by atoms with E-state index in [0.29, 0.717) is 16.5 Å². The molecule has 0 aliphatic rings. The quantitative estimate of drug-likeness (QED) is 0.676. The van der Waals surface area contributed by atoms with Crippen LogP contribution in [0.2, 0.25) is 5.02 Å². The van der Waals surface area contributed by atoms with Gasteiger partial charge in [0.1, 0.15) is 5.75 Å². The van der Waals surface area contributed by atoms with Crippen LogP contribution in [0.3, 0.4) is 0 Å². The van der Waals surface area contributed by atoms with E-state index in [9.17, 15) is 4.79 Å². The maximum Gasteiger partial charge on any atom is 0.234 e. The number of nitrogens with zero attached hydrogens (tertiary/aromatic N) is 1. The minimum absolute atomic E-state index is 0.115. The molecule has 2 aromatic carbocycles. The van der Waals surface area contributed by atoms with Crippen molar-refractivity contribution in [2.75, 3.05) is 18.2 Å². The molecule has 0 atom stereocenters. The molecule has 0 fully saturated rings. The Bertz CT molecular complexity index is 886. The zero-order chi connectivity index (χ0) is 16.9. The SMILES string of the molecule is COc1ccc(NC(=O)CSc2ccc3ccccc3n2)cc1Cl. The number of halogens is 1. The summed E-state index contributed by atoms with van der Waals surface area (Å²) in [5, 5.41) is 5.17. The largest absolute Gasteiger partial charge is 0.495 e. The van der Waals surface area contributed by atoms with Gasteiger partial charge in [-0.05, 0) is 30.3 Å². The number of benzene rings is 2. The van der Waals surface area contributed by atoms with Gasteiger partial charge in [0.15, 0.2) is 0 Å². The minimum Gasteiger partial charge on any atom is -0.495 e. The number of thioether (sulfide) groups is 1. The number of amides is 1. The first-order valence-corrected chi connectivity index (χ1v) is 8.64. The van der Waals surface area contributed by atoms with Crippen LogP contribution in [-0.2, 0) is 4.79 Å². The summed E-state index contributed by atoms with van der Waals surface area (Å²) in [7, 11) is 1.55. The molecule has 122 valence electrons. The van der Waals surface area contributed by atoms with Crippen LogP contribution >= 0.6 is 23.4 Å². The average molecular weight is 359 g/mol.